The van der Waals surface area contributed by atoms with Crippen molar-refractivity contribution in [3.8, 4) is 0 Å². The van der Waals surface area contributed by atoms with Crippen molar-refractivity contribution in [3.05, 3.63) is 8.84 Å². The van der Waals surface area contributed by atoms with Gasteiger partial charge in [0.05, 0.1) is 0 Å². The molecule has 0 aliphatic heterocycles. The van der Waals surface area contributed by atoms with Crippen LogP contribution in [0.3, 0.4) is 0 Å². The Labute approximate surface area is 83.5 Å². The van der Waals surface area contributed by atoms with E-state index in [4.69, 9.17) is 4.74 Å². The third-order valence-electron chi connectivity index (χ3n) is 1.02. The number of hydrogen-bond acceptors (Lipinski definition) is 4. The first kappa shape index (κ1) is 9.34. The summed E-state index contributed by atoms with van der Waals surface area (Å²) in [4.78, 5) is 4.15. The molecule has 0 saturated carbocycles. The molecule has 0 atom stereocenters. The SMILES string of the molecule is CCCOCc1nsc(I)n1. The van der Waals surface area contributed by atoms with Crippen molar-refractivity contribution < 1.29 is 4.74 Å². The van der Waals surface area contributed by atoms with Crippen molar-refractivity contribution >= 4 is 34.1 Å². The fourth-order valence-corrected chi connectivity index (χ4v) is 1.59. The Morgan fingerprint density at radius 3 is 3.00 bits per heavy atom. The summed E-state index contributed by atoms with van der Waals surface area (Å²) in [6, 6.07) is 0. The second-order valence-electron chi connectivity index (χ2n) is 2.02. The van der Waals surface area contributed by atoms with E-state index in [-0.39, 0.29) is 0 Å². The predicted octanol–water partition coefficient (Wildman–Crippen LogP) is 2.07. The van der Waals surface area contributed by atoms with Crippen molar-refractivity contribution in [1.29, 1.82) is 0 Å². The van der Waals surface area contributed by atoms with Crippen LogP contribution < -0.4 is 0 Å². The summed E-state index contributed by atoms with van der Waals surface area (Å²) in [5.41, 5.74) is 0. The largest absolute Gasteiger partial charge is 0.373 e. The molecule has 11 heavy (non-hydrogen) atoms. The standard InChI is InChI=1S/C6H9IN2OS/c1-2-3-10-4-5-8-6(7)11-9-5/h2-4H2,1H3. The molecule has 0 radical (unpaired) electrons. The Hall–Kier alpha value is 0.250. The average Bonchev–Trinajstić information content (AvgIpc) is 2.37. The van der Waals surface area contributed by atoms with Gasteiger partial charge in [0.25, 0.3) is 0 Å². The molecular formula is C6H9IN2OS. The normalized spacial score (nSPS) is 10.4. The summed E-state index contributed by atoms with van der Waals surface area (Å²) in [6.45, 7) is 3.42. The van der Waals surface area contributed by atoms with E-state index in [1.54, 1.807) is 0 Å². The Morgan fingerprint density at radius 2 is 2.45 bits per heavy atom. The maximum Gasteiger partial charge on any atom is 0.174 e. The van der Waals surface area contributed by atoms with Crippen LogP contribution in [0.25, 0.3) is 0 Å². The number of nitrogens with zero attached hydrogens (tertiary/aromatic N) is 2. The first-order valence-electron chi connectivity index (χ1n) is 3.38. The number of hydrogen-bond donors (Lipinski definition) is 0. The lowest BCUT2D eigenvalue weighted by molar-refractivity contribution is 0.117. The van der Waals surface area contributed by atoms with Gasteiger partial charge < -0.3 is 4.74 Å². The van der Waals surface area contributed by atoms with Gasteiger partial charge in [-0.15, -0.1) is 0 Å². The molecule has 0 saturated heterocycles. The monoisotopic (exact) mass is 284 g/mol. The summed E-state index contributed by atoms with van der Waals surface area (Å²) in [6.07, 6.45) is 1.04. The van der Waals surface area contributed by atoms with Crippen LogP contribution >= 0.6 is 34.1 Å². The number of ether oxygens (including phenoxy) is 1. The van der Waals surface area contributed by atoms with Crippen LogP contribution in [0.4, 0.5) is 0 Å². The van der Waals surface area contributed by atoms with E-state index in [9.17, 15) is 0 Å². The van der Waals surface area contributed by atoms with E-state index in [1.807, 2.05) is 0 Å². The maximum absolute atomic E-state index is 5.26. The topological polar surface area (TPSA) is 35.0 Å². The summed E-state index contributed by atoms with van der Waals surface area (Å²) < 4.78 is 10.3. The second-order valence-corrected chi connectivity index (χ2v) is 4.52. The molecule has 1 rings (SSSR count). The van der Waals surface area contributed by atoms with Crippen LogP contribution in [0.5, 0.6) is 0 Å². The Morgan fingerprint density at radius 1 is 1.64 bits per heavy atom. The van der Waals surface area contributed by atoms with E-state index >= 15 is 0 Å². The van der Waals surface area contributed by atoms with Gasteiger partial charge in [0.15, 0.2) is 8.84 Å². The van der Waals surface area contributed by atoms with E-state index in [2.05, 4.69) is 38.9 Å². The zero-order valence-corrected chi connectivity index (χ0v) is 9.18. The first-order valence-corrected chi connectivity index (χ1v) is 5.24. The molecule has 5 heteroatoms. The average molecular weight is 284 g/mol. The smallest absolute Gasteiger partial charge is 0.174 e. The van der Waals surface area contributed by atoms with Crippen molar-refractivity contribution in [2.75, 3.05) is 6.61 Å². The molecule has 3 nitrogen and oxygen atoms in total. The van der Waals surface area contributed by atoms with Gasteiger partial charge in [0, 0.05) is 6.61 Å². The summed E-state index contributed by atoms with van der Waals surface area (Å²) >= 11 is 3.56. The van der Waals surface area contributed by atoms with Crippen LogP contribution in [0.15, 0.2) is 0 Å². The van der Waals surface area contributed by atoms with Crippen molar-refractivity contribution in [2.24, 2.45) is 0 Å². The van der Waals surface area contributed by atoms with E-state index < -0.39 is 0 Å². The lowest BCUT2D eigenvalue weighted by Gasteiger charge is -1.95. The Bertz CT molecular complexity index is 216. The molecule has 1 aromatic rings. The third-order valence-corrected chi connectivity index (χ3v) is 2.40. The van der Waals surface area contributed by atoms with E-state index in [0.29, 0.717) is 6.61 Å². The fraction of sp³-hybridized carbons (Fsp3) is 0.667. The van der Waals surface area contributed by atoms with Gasteiger partial charge in [-0.1, -0.05) is 6.92 Å². The molecule has 0 aromatic carbocycles. The molecular weight excluding hydrogens is 275 g/mol. The van der Waals surface area contributed by atoms with Gasteiger partial charge in [-0.3, -0.25) is 0 Å². The highest BCUT2D eigenvalue weighted by Crippen LogP contribution is 2.07. The molecule has 1 heterocycles. The molecule has 0 N–H and O–H groups in total. The highest BCUT2D eigenvalue weighted by atomic mass is 127. The van der Waals surface area contributed by atoms with Gasteiger partial charge in [0.1, 0.15) is 6.61 Å². The van der Waals surface area contributed by atoms with Gasteiger partial charge >= 0.3 is 0 Å². The molecule has 0 spiro atoms. The van der Waals surface area contributed by atoms with E-state index in [1.165, 1.54) is 11.5 Å². The third kappa shape index (κ3) is 3.44. The number of halogens is 1. The van der Waals surface area contributed by atoms with Crippen LogP contribution in [-0.4, -0.2) is 16.0 Å². The summed E-state index contributed by atoms with van der Waals surface area (Å²) in [5.74, 6) is 0.799. The lowest BCUT2D eigenvalue weighted by atomic mass is 10.5. The minimum absolute atomic E-state index is 0.549. The molecule has 62 valence electrons. The van der Waals surface area contributed by atoms with Gasteiger partial charge in [0.2, 0.25) is 0 Å². The van der Waals surface area contributed by atoms with Gasteiger partial charge in [-0.25, -0.2) is 4.98 Å². The molecule has 0 aliphatic rings. The van der Waals surface area contributed by atoms with Crippen LogP contribution in [0.1, 0.15) is 19.2 Å². The predicted molar refractivity (Wildman–Crippen MR) is 52.6 cm³/mol. The molecule has 0 bridgehead atoms. The number of rotatable bonds is 4. The highest BCUT2D eigenvalue weighted by molar-refractivity contribution is 14.1. The lowest BCUT2D eigenvalue weighted by Crippen LogP contribution is -1.95. The Balaban J connectivity index is 2.27. The number of aromatic nitrogens is 2. The minimum Gasteiger partial charge on any atom is -0.373 e. The molecule has 0 amide bonds. The van der Waals surface area contributed by atoms with Gasteiger partial charge in [-0.05, 0) is 40.5 Å². The zero-order valence-electron chi connectivity index (χ0n) is 6.21. The first-order chi connectivity index (χ1) is 5.33. The highest BCUT2D eigenvalue weighted by Gasteiger charge is 1.99. The second kappa shape index (κ2) is 5.00. The van der Waals surface area contributed by atoms with Crippen LogP contribution in [-0.2, 0) is 11.3 Å². The van der Waals surface area contributed by atoms with E-state index in [0.717, 1.165) is 21.9 Å². The van der Waals surface area contributed by atoms with Crippen molar-refractivity contribution in [2.45, 2.75) is 20.0 Å². The summed E-state index contributed by atoms with van der Waals surface area (Å²) in [7, 11) is 0. The zero-order chi connectivity index (χ0) is 8.10. The minimum atomic E-state index is 0.549. The molecule has 0 unspecified atom stereocenters. The van der Waals surface area contributed by atoms with Crippen molar-refractivity contribution in [1.82, 2.24) is 9.36 Å². The fourth-order valence-electron chi connectivity index (χ4n) is 0.599. The molecule has 0 fully saturated rings. The van der Waals surface area contributed by atoms with Crippen molar-refractivity contribution in [3.63, 3.8) is 0 Å². The molecule has 0 aliphatic carbocycles. The quantitative estimate of drug-likeness (QED) is 0.627. The molecule has 1 aromatic heterocycles. The van der Waals surface area contributed by atoms with Gasteiger partial charge in [-0.2, -0.15) is 4.37 Å². The van der Waals surface area contributed by atoms with Crippen LogP contribution in [0, 0.1) is 3.01 Å². The Kier molecular flexibility index (Phi) is 4.24. The van der Waals surface area contributed by atoms with Crippen LogP contribution in [0.2, 0.25) is 0 Å². The summed E-state index contributed by atoms with van der Waals surface area (Å²) in [5, 5.41) is 0. The maximum atomic E-state index is 5.26.